The van der Waals surface area contributed by atoms with E-state index in [9.17, 15) is 4.39 Å². The van der Waals surface area contributed by atoms with Crippen molar-refractivity contribution in [1.29, 1.82) is 0 Å². The van der Waals surface area contributed by atoms with Gasteiger partial charge in [0.2, 0.25) is 0 Å². The first-order valence-electron chi connectivity index (χ1n) is 4.07. The maximum atomic E-state index is 12.6. The molecule has 1 heterocycles. The molecular weight excluding hydrogens is 199 g/mol. The Kier molecular flexibility index (Phi) is 2.37. The second-order valence-electron chi connectivity index (χ2n) is 2.81. The molecule has 0 aliphatic carbocycles. The van der Waals surface area contributed by atoms with Gasteiger partial charge in [0.15, 0.2) is 0 Å². The van der Waals surface area contributed by atoms with E-state index in [0.717, 1.165) is 11.3 Å². The summed E-state index contributed by atoms with van der Waals surface area (Å²) in [4.78, 5) is 0. The van der Waals surface area contributed by atoms with Crippen molar-refractivity contribution in [2.75, 3.05) is 0 Å². The summed E-state index contributed by atoms with van der Waals surface area (Å²) >= 11 is 4.86. The largest absolute Gasteiger partial charge is 0.267 e. The average molecular weight is 206 g/mol. The quantitative estimate of drug-likeness (QED) is 0.727. The third kappa shape index (κ3) is 1.85. The van der Waals surface area contributed by atoms with E-state index in [2.05, 4.69) is 10.2 Å². The lowest BCUT2D eigenvalue weighted by atomic mass is 10.1. The molecule has 0 radical (unpaired) electrons. The summed E-state index contributed by atoms with van der Waals surface area (Å²) < 4.78 is 13.2. The van der Waals surface area contributed by atoms with Crippen LogP contribution < -0.4 is 0 Å². The summed E-state index contributed by atoms with van der Waals surface area (Å²) in [6.07, 6.45) is 0. The van der Waals surface area contributed by atoms with E-state index in [0.29, 0.717) is 4.64 Å². The minimum atomic E-state index is -0.252. The van der Waals surface area contributed by atoms with E-state index in [1.807, 2.05) is 0 Å². The van der Waals surface area contributed by atoms with Crippen LogP contribution in [0.4, 0.5) is 4.39 Å². The fraction of sp³-hybridized carbons (Fsp3) is 0. The highest BCUT2D eigenvalue weighted by atomic mass is 32.1. The van der Waals surface area contributed by atoms with E-state index in [1.165, 1.54) is 12.1 Å². The fourth-order valence-electron chi connectivity index (χ4n) is 1.13. The lowest BCUT2D eigenvalue weighted by Gasteiger charge is -1.98. The van der Waals surface area contributed by atoms with Crippen molar-refractivity contribution in [2.45, 2.75) is 0 Å². The zero-order valence-corrected chi connectivity index (χ0v) is 8.01. The van der Waals surface area contributed by atoms with Gasteiger partial charge in [-0.2, -0.15) is 5.10 Å². The predicted octanol–water partition coefficient (Wildman–Crippen LogP) is 2.95. The Morgan fingerprint density at radius 2 is 1.79 bits per heavy atom. The van der Waals surface area contributed by atoms with Crippen LogP contribution in [0.3, 0.4) is 0 Å². The normalized spacial score (nSPS) is 10.1. The van der Waals surface area contributed by atoms with Gasteiger partial charge in [-0.3, -0.25) is 5.10 Å². The molecule has 0 saturated carbocycles. The van der Waals surface area contributed by atoms with Gasteiger partial charge >= 0.3 is 0 Å². The number of hydrogen-bond acceptors (Lipinski definition) is 2. The highest BCUT2D eigenvalue weighted by Crippen LogP contribution is 2.15. The Hall–Kier alpha value is -1.55. The first-order chi connectivity index (χ1) is 6.75. The maximum absolute atomic E-state index is 12.6. The summed E-state index contributed by atoms with van der Waals surface area (Å²) in [6, 6.07) is 9.70. The van der Waals surface area contributed by atoms with E-state index in [4.69, 9.17) is 12.2 Å². The Bertz CT molecular complexity index is 470. The van der Waals surface area contributed by atoms with Crippen LogP contribution in [-0.2, 0) is 0 Å². The number of halogens is 1. The van der Waals surface area contributed by atoms with Crippen LogP contribution in [0.5, 0.6) is 0 Å². The zero-order chi connectivity index (χ0) is 9.97. The predicted molar refractivity (Wildman–Crippen MR) is 54.8 cm³/mol. The number of benzene rings is 1. The summed E-state index contributed by atoms with van der Waals surface area (Å²) in [5.74, 6) is -0.252. The number of nitrogens with one attached hydrogen (secondary N) is 1. The zero-order valence-electron chi connectivity index (χ0n) is 7.20. The summed E-state index contributed by atoms with van der Waals surface area (Å²) in [5, 5.41) is 6.71. The van der Waals surface area contributed by atoms with Crippen molar-refractivity contribution in [1.82, 2.24) is 10.2 Å². The number of aromatic amines is 1. The average Bonchev–Trinajstić information content (AvgIpc) is 2.21. The molecule has 0 bridgehead atoms. The third-order valence-corrected chi connectivity index (χ3v) is 2.05. The molecule has 0 saturated heterocycles. The smallest absolute Gasteiger partial charge is 0.123 e. The fourth-order valence-corrected chi connectivity index (χ4v) is 1.24. The Morgan fingerprint density at radius 1 is 1.07 bits per heavy atom. The van der Waals surface area contributed by atoms with Crippen LogP contribution in [-0.4, -0.2) is 10.2 Å². The van der Waals surface area contributed by atoms with E-state index < -0.39 is 0 Å². The Balaban J connectivity index is 2.44. The molecule has 1 aromatic carbocycles. The second kappa shape index (κ2) is 3.67. The molecule has 0 atom stereocenters. The molecule has 0 spiro atoms. The summed E-state index contributed by atoms with van der Waals surface area (Å²) in [6.45, 7) is 0. The Labute approximate surface area is 85.4 Å². The number of nitrogens with zero attached hydrogens (tertiary/aromatic N) is 1. The van der Waals surface area contributed by atoms with Gasteiger partial charge in [0.25, 0.3) is 0 Å². The van der Waals surface area contributed by atoms with Crippen LogP contribution in [0.25, 0.3) is 11.3 Å². The van der Waals surface area contributed by atoms with E-state index in [-0.39, 0.29) is 5.82 Å². The third-order valence-electron chi connectivity index (χ3n) is 1.82. The van der Waals surface area contributed by atoms with Gasteiger partial charge < -0.3 is 0 Å². The first-order valence-corrected chi connectivity index (χ1v) is 4.48. The van der Waals surface area contributed by atoms with Gasteiger partial charge in [-0.05, 0) is 36.4 Å². The molecule has 4 heteroatoms. The van der Waals surface area contributed by atoms with E-state index >= 15 is 0 Å². The minimum absolute atomic E-state index is 0.252. The molecule has 70 valence electrons. The first kappa shape index (κ1) is 9.02. The molecule has 2 rings (SSSR count). The standard InChI is InChI=1S/C10H7FN2S/c11-8-3-1-7(2-4-8)9-5-6-10(14)13-12-9/h1-6H,(H,13,14). The van der Waals surface area contributed by atoms with Gasteiger partial charge in [0.1, 0.15) is 10.5 Å². The summed E-state index contributed by atoms with van der Waals surface area (Å²) in [5.41, 5.74) is 1.61. The van der Waals surface area contributed by atoms with Crippen LogP contribution in [0.2, 0.25) is 0 Å². The van der Waals surface area contributed by atoms with Gasteiger partial charge in [-0.15, -0.1) is 0 Å². The monoisotopic (exact) mass is 206 g/mol. The maximum Gasteiger partial charge on any atom is 0.123 e. The minimum Gasteiger partial charge on any atom is -0.267 e. The van der Waals surface area contributed by atoms with E-state index in [1.54, 1.807) is 24.3 Å². The molecule has 1 N–H and O–H groups in total. The molecule has 1 aromatic heterocycles. The molecule has 2 nitrogen and oxygen atoms in total. The highest BCUT2D eigenvalue weighted by Gasteiger charge is 1.97. The van der Waals surface area contributed by atoms with Crippen LogP contribution in [0.15, 0.2) is 36.4 Å². The molecular formula is C10H7FN2S. The SMILES string of the molecule is Fc1ccc(-c2ccc(=S)[nH]n2)cc1. The topological polar surface area (TPSA) is 28.7 Å². The Morgan fingerprint density at radius 3 is 2.36 bits per heavy atom. The number of hydrogen-bond donors (Lipinski definition) is 1. The molecule has 14 heavy (non-hydrogen) atoms. The van der Waals surface area contributed by atoms with Crippen molar-refractivity contribution in [3.8, 4) is 11.3 Å². The number of H-pyrrole nitrogens is 1. The van der Waals surface area contributed by atoms with Crippen LogP contribution in [0.1, 0.15) is 0 Å². The van der Waals surface area contributed by atoms with Gasteiger partial charge in [-0.1, -0.05) is 12.2 Å². The lowest BCUT2D eigenvalue weighted by molar-refractivity contribution is 0.628. The highest BCUT2D eigenvalue weighted by molar-refractivity contribution is 7.71. The molecule has 0 fully saturated rings. The van der Waals surface area contributed by atoms with Crippen molar-refractivity contribution >= 4 is 12.2 Å². The summed E-state index contributed by atoms with van der Waals surface area (Å²) in [7, 11) is 0. The van der Waals surface area contributed by atoms with Crippen molar-refractivity contribution in [2.24, 2.45) is 0 Å². The number of aromatic nitrogens is 2. The van der Waals surface area contributed by atoms with Crippen LogP contribution in [0, 0.1) is 10.5 Å². The molecule has 0 unspecified atom stereocenters. The molecule has 0 amide bonds. The van der Waals surface area contributed by atoms with Crippen molar-refractivity contribution < 1.29 is 4.39 Å². The lowest BCUT2D eigenvalue weighted by Crippen LogP contribution is -1.86. The van der Waals surface area contributed by atoms with Crippen molar-refractivity contribution in [3.05, 3.63) is 46.9 Å². The molecule has 0 aliphatic rings. The van der Waals surface area contributed by atoms with Gasteiger partial charge in [-0.25, -0.2) is 4.39 Å². The molecule has 2 aromatic rings. The molecule has 0 aliphatic heterocycles. The number of rotatable bonds is 1. The van der Waals surface area contributed by atoms with Gasteiger partial charge in [0.05, 0.1) is 5.69 Å². The second-order valence-corrected chi connectivity index (χ2v) is 3.25. The van der Waals surface area contributed by atoms with Gasteiger partial charge in [0, 0.05) is 5.56 Å². The van der Waals surface area contributed by atoms with Crippen molar-refractivity contribution in [3.63, 3.8) is 0 Å². The van der Waals surface area contributed by atoms with Crippen LogP contribution >= 0.6 is 12.2 Å².